The van der Waals surface area contributed by atoms with Gasteiger partial charge in [0.15, 0.2) is 0 Å². The molecule has 0 spiro atoms. The van der Waals surface area contributed by atoms with Gasteiger partial charge in [-0.1, -0.05) is 11.6 Å². The summed E-state index contributed by atoms with van der Waals surface area (Å²) in [4.78, 5) is 9.78. The summed E-state index contributed by atoms with van der Waals surface area (Å²) < 4.78 is 22.0. The number of piperidine rings is 1. The van der Waals surface area contributed by atoms with E-state index in [2.05, 4.69) is 25.3 Å². The van der Waals surface area contributed by atoms with Crippen LogP contribution in [0.4, 0.5) is 10.1 Å². The van der Waals surface area contributed by atoms with E-state index in [0.717, 1.165) is 47.4 Å². The quantitative estimate of drug-likeness (QED) is 0.663. The minimum absolute atomic E-state index is 0.254. The topological polar surface area (TPSA) is 71.0 Å². The van der Waals surface area contributed by atoms with Crippen LogP contribution >= 0.6 is 11.6 Å². The molecule has 0 saturated carbocycles. The molecule has 5 heterocycles. The Kier molecular flexibility index (Phi) is 4.93. The number of halogens is 2. The van der Waals surface area contributed by atoms with Gasteiger partial charge in [-0.2, -0.15) is 5.10 Å². The molecule has 0 aliphatic carbocycles. The number of nitrogens with one attached hydrogen (secondary N) is 2. The molecule has 3 aromatic heterocycles. The maximum atomic E-state index is 14.9. The zero-order valence-electron chi connectivity index (χ0n) is 16.2. The van der Waals surface area contributed by atoms with E-state index >= 15 is 0 Å². The van der Waals surface area contributed by atoms with Gasteiger partial charge >= 0.3 is 0 Å². The summed E-state index contributed by atoms with van der Waals surface area (Å²) >= 11 is 6.38. The van der Waals surface area contributed by atoms with E-state index in [4.69, 9.17) is 16.3 Å². The molecule has 9 heteroatoms. The lowest BCUT2D eigenvalue weighted by molar-refractivity contribution is -0.0847. The van der Waals surface area contributed by atoms with E-state index in [1.165, 1.54) is 0 Å². The summed E-state index contributed by atoms with van der Waals surface area (Å²) in [6.45, 7) is 5.51. The number of alkyl halides is 1. The number of nitrogens with zero attached hydrogens (tertiary/aromatic N) is 4. The van der Waals surface area contributed by atoms with E-state index in [9.17, 15) is 4.39 Å². The largest absolute Gasteiger partial charge is 0.384 e. The lowest BCUT2D eigenvalue weighted by Crippen LogP contribution is -2.55. The third-order valence-electron chi connectivity index (χ3n) is 5.93. The van der Waals surface area contributed by atoms with Crippen LogP contribution in [0.5, 0.6) is 0 Å². The van der Waals surface area contributed by atoms with Gasteiger partial charge in [0.1, 0.15) is 11.8 Å². The van der Waals surface area contributed by atoms with Gasteiger partial charge in [-0.05, 0) is 13.3 Å². The number of rotatable bonds is 5. The molecule has 154 valence electrons. The number of pyridine rings is 1. The monoisotopic (exact) mass is 418 g/mol. The van der Waals surface area contributed by atoms with Crippen molar-refractivity contribution in [2.45, 2.75) is 31.6 Å². The lowest BCUT2D eigenvalue weighted by Gasteiger charge is -2.42. The molecule has 0 aromatic carbocycles. The van der Waals surface area contributed by atoms with Gasteiger partial charge in [-0.25, -0.2) is 9.37 Å². The van der Waals surface area contributed by atoms with Gasteiger partial charge in [-0.3, -0.25) is 9.58 Å². The van der Waals surface area contributed by atoms with Crippen LogP contribution in [0.15, 0.2) is 24.8 Å². The van der Waals surface area contributed by atoms with Crippen molar-refractivity contribution in [2.75, 3.05) is 38.2 Å². The molecule has 29 heavy (non-hydrogen) atoms. The van der Waals surface area contributed by atoms with Crippen LogP contribution in [-0.4, -0.2) is 69.7 Å². The highest BCUT2D eigenvalue weighted by Gasteiger charge is 2.36. The van der Waals surface area contributed by atoms with Crippen LogP contribution in [0, 0.1) is 0 Å². The summed E-state index contributed by atoms with van der Waals surface area (Å²) in [6, 6.07) is 0.116. The molecule has 0 radical (unpaired) electrons. The van der Waals surface area contributed by atoms with Crippen molar-refractivity contribution < 1.29 is 9.13 Å². The molecule has 7 nitrogen and oxygen atoms in total. The second kappa shape index (κ2) is 7.59. The highest BCUT2D eigenvalue weighted by molar-refractivity contribution is 6.36. The van der Waals surface area contributed by atoms with Crippen molar-refractivity contribution in [2.24, 2.45) is 0 Å². The first-order chi connectivity index (χ1) is 14.2. The number of fused-ring (bicyclic) bond motifs is 1. The Morgan fingerprint density at radius 2 is 2.24 bits per heavy atom. The van der Waals surface area contributed by atoms with Gasteiger partial charge in [0.2, 0.25) is 0 Å². The van der Waals surface area contributed by atoms with Crippen molar-refractivity contribution in [1.82, 2.24) is 24.6 Å². The van der Waals surface area contributed by atoms with Crippen LogP contribution in [0.2, 0.25) is 5.02 Å². The number of hydrogen-bond donors (Lipinski definition) is 2. The molecule has 2 aliphatic rings. The molecule has 0 amide bonds. The summed E-state index contributed by atoms with van der Waals surface area (Å²) in [7, 11) is 0. The predicted molar refractivity (Wildman–Crippen MR) is 111 cm³/mol. The first-order valence-corrected chi connectivity index (χ1v) is 10.4. The van der Waals surface area contributed by atoms with Crippen LogP contribution in [0.3, 0.4) is 0 Å². The third kappa shape index (κ3) is 3.29. The average Bonchev–Trinajstić information content (AvgIpc) is 3.28. The Morgan fingerprint density at radius 3 is 2.97 bits per heavy atom. The van der Waals surface area contributed by atoms with Crippen LogP contribution in [-0.2, 0) is 4.74 Å². The second-order valence-corrected chi connectivity index (χ2v) is 8.11. The second-order valence-electron chi connectivity index (χ2n) is 7.70. The Bertz CT molecular complexity index is 1020. The number of H-pyrrole nitrogens is 1. The van der Waals surface area contributed by atoms with Crippen molar-refractivity contribution in [3.05, 3.63) is 29.8 Å². The number of likely N-dealkylation sites (tertiary alicyclic amines) is 1. The van der Waals surface area contributed by atoms with Crippen LogP contribution < -0.4 is 5.32 Å². The molecular formula is C20H24ClFN6O. The highest BCUT2D eigenvalue weighted by Crippen LogP contribution is 2.38. The SMILES string of the molecule is CCNc1c(-c2cnn(C3CCN(C4COC4)C[C@@H]3F)c2)cnc2[nH]cc(Cl)c12. The van der Waals surface area contributed by atoms with Crippen LogP contribution in [0.1, 0.15) is 19.4 Å². The molecular weight excluding hydrogens is 395 g/mol. The van der Waals surface area contributed by atoms with E-state index in [1.54, 1.807) is 23.3 Å². The van der Waals surface area contributed by atoms with Gasteiger partial charge in [-0.15, -0.1) is 0 Å². The number of hydrogen-bond acceptors (Lipinski definition) is 5. The maximum absolute atomic E-state index is 14.9. The Balaban J connectivity index is 1.43. The fraction of sp³-hybridized carbons (Fsp3) is 0.500. The fourth-order valence-electron chi connectivity index (χ4n) is 4.27. The van der Waals surface area contributed by atoms with E-state index in [-0.39, 0.29) is 6.04 Å². The number of anilines is 1. The van der Waals surface area contributed by atoms with Gasteiger partial charge in [0.25, 0.3) is 0 Å². The summed E-state index contributed by atoms with van der Waals surface area (Å²) in [5, 5.41) is 9.38. The number of ether oxygens (including phenoxy) is 1. The maximum Gasteiger partial charge on any atom is 0.140 e. The smallest absolute Gasteiger partial charge is 0.140 e. The van der Waals surface area contributed by atoms with E-state index in [1.807, 2.05) is 13.1 Å². The molecule has 5 rings (SSSR count). The normalized spacial score (nSPS) is 23.4. The fourth-order valence-corrected chi connectivity index (χ4v) is 4.51. The summed E-state index contributed by atoms with van der Waals surface area (Å²) in [5.74, 6) is 0. The average molecular weight is 419 g/mol. The van der Waals surface area contributed by atoms with E-state index < -0.39 is 6.17 Å². The van der Waals surface area contributed by atoms with Gasteiger partial charge in [0, 0.05) is 49.4 Å². The number of aromatic amines is 1. The zero-order chi connectivity index (χ0) is 20.0. The highest BCUT2D eigenvalue weighted by atomic mass is 35.5. The minimum atomic E-state index is -0.954. The van der Waals surface area contributed by atoms with Gasteiger partial charge in [0.05, 0.1) is 47.6 Å². The predicted octanol–water partition coefficient (Wildman–Crippen LogP) is 3.50. The first kappa shape index (κ1) is 18.8. The standard InChI is InChI=1S/C20H24ClFN6O/c1-2-23-19-14(6-24-20-18(19)15(21)7-25-20)12-5-26-28(8-12)17-3-4-27(9-16(17)22)13-10-29-11-13/h5-8,13,16-17H,2-4,9-11H2,1H3,(H2,23,24,25)/t16-,17?/m0/s1. The summed E-state index contributed by atoms with van der Waals surface area (Å²) in [5.41, 5.74) is 3.46. The molecule has 2 N–H and O–H groups in total. The summed E-state index contributed by atoms with van der Waals surface area (Å²) in [6.07, 6.45) is 7.03. The first-order valence-electron chi connectivity index (χ1n) is 10.1. The van der Waals surface area contributed by atoms with Crippen molar-refractivity contribution in [3.8, 4) is 11.1 Å². The molecule has 2 saturated heterocycles. The molecule has 0 bridgehead atoms. The van der Waals surface area contributed by atoms with Crippen molar-refractivity contribution >= 4 is 28.3 Å². The van der Waals surface area contributed by atoms with E-state index in [0.29, 0.717) is 30.8 Å². The molecule has 3 aromatic rings. The van der Waals surface area contributed by atoms with Crippen molar-refractivity contribution in [3.63, 3.8) is 0 Å². The molecule has 1 unspecified atom stereocenters. The Labute approximate surface area is 173 Å². The van der Waals surface area contributed by atoms with Gasteiger partial charge < -0.3 is 15.0 Å². The minimum Gasteiger partial charge on any atom is -0.384 e. The lowest BCUT2D eigenvalue weighted by atomic mass is 10.0. The van der Waals surface area contributed by atoms with Crippen molar-refractivity contribution in [1.29, 1.82) is 0 Å². The molecule has 2 fully saturated rings. The van der Waals surface area contributed by atoms with Crippen LogP contribution in [0.25, 0.3) is 22.2 Å². The zero-order valence-corrected chi connectivity index (χ0v) is 17.0. The molecule has 2 aliphatic heterocycles. The third-order valence-corrected chi connectivity index (χ3v) is 6.23. The molecule has 2 atom stereocenters. The number of aromatic nitrogens is 4. The Hall–Kier alpha value is -2.16. The Morgan fingerprint density at radius 1 is 1.38 bits per heavy atom.